The fourth-order valence-electron chi connectivity index (χ4n) is 1.91. The van der Waals surface area contributed by atoms with Crippen LogP contribution in [0.5, 0.6) is 11.5 Å². The summed E-state index contributed by atoms with van der Waals surface area (Å²) in [5.74, 6) is 1.24. The standard InChI is InChI=1S/C16H16BrNO3/c1-20-14-8-3-11(15(10-14)21-2)9-16(19)18-13-6-4-12(17)5-7-13/h3-8,10H,9H2,1-2H3,(H,18,19). The molecule has 0 aliphatic carbocycles. The third-order valence-electron chi connectivity index (χ3n) is 2.97. The van der Waals surface area contributed by atoms with Crippen LogP contribution in [-0.4, -0.2) is 20.1 Å². The summed E-state index contributed by atoms with van der Waals surface area (Å²) in [6.07, 6.45) is 0.239. The molecule has 0 unspecified atom stereocenters. The summed E-state index contributed by atoms with van der Waals surface area (Å²) in [6, 6.07) is 12.8. The highest BCUT2D eigenvalue weighted by molar-refractivity contribution is 9.10. The summed E-state index contributed by atoms with van der Waals surface area (Å²) < 4.78 is 11.4. The van der Waals surface area contributed by atoms with Gasteiger partial charge in [0.05, 0.1) is 20.6 Å². The molecule has 0 aliphatic rings. The minimum atomic E-state index is -0.0965. The van der Waals surface area contributed by atoms with Crippen molar-refractivity contribution in [3.05, 3.63) is 52.5 Å². The van der Waals surface area contributed by atoms with E-state index in [0.717, 1.165) is 15.7 Å². The highest BCUT2D eigenvalue weighted by atomic mass is 79.9. The minimum absolute atomic E-state index is 0.0965. The topological polar surface area (TPSA) is 47.6 Å². The molecule has 0 radical (unpaired) electrons. The van der Waals surface area contributed by atoms with Gasteiger partial charge in [0.1, 0.15) is 11.5 Å². The van der Waals surface area contributed by atoms with Gasteiger partial charge in [0.25, 0.3) is 0 Å². The number of anilines is 1. The van der Waals surface area contributed by atoms with E-state index in [4.69, 9.17) is 9.47 Å². The molecule has 0 aromatic heterocycles. The summed E-state index contributed by atoms with van der Waals surface area (Å²) in [7, 11) is 3.17. The predicted molar refractivity (Wildman–Crippen MR) is 86.0 cm³/mol. The van der Waals surface area contributed by atoms with Gasteiger partial charge in [-0.3, -0.25) is 4.79 Å². The highest BCUT2D eigenvalue weighted by Crippen LogP contribution is 2.25. The number of hydrogen-bond donors (Lipinski definition) is 1. The molecule has 0 saturated heterocycles. The van der Waals surface area contributed by atoms with E-state index in [2.05, 4.69) is 21.2 Å². The normalized spacial score (nSPS) is 10.0. The summed E-state index contributed by atoms with van der Waals surface area (Å²) in [5.41, 5.74) is 1.57. The fourth-order valence-corrected chi connectivity index (χ4v) is 2.17. The number of hydrogen-bond acceptors (Lipinski definition) is 3. The van der Waals surface area contributed by atoms with Crippen molar-refractivity contribution in [1.82, 2.24) is 0 Å². The lowest BCUT2D eigenvalue weighted by Crippen LogP contribution is -2.14. The number of ether oxygens (including phenoxy) is 2. The van der Waals surface area contributed by atoms with Crippen molar-refractivity contribution in [3.63, 3.8) is 0 Å². The van der Waals surface area contributed by atoms with Gasteiger partial charge in [0.2, 0.25) is 5.91 Å². The Labute approximate surface area is 132 Å². The molecule has 0 saturated carbocycles. The Balaban J connectivity index is 2.07. The van der Waals surface area contributed by atoms with Crippen LogP contribution in [-0.2, 0) is 11.2 Å². The molecule has 2 rings (SSSR count). The van der Waals surface area contributed by atoms with Crippen LogP contribution < -0.4 is 14.8 Å². The minimum Gasteiger partial charge on any atom is -0.497 e. The van der Waals surface area contributed by atoms with Crippen molar-refractivity contribution in [1.29, 1.82) is 0 Å². The van der Waals surface area contributed by atoms with Crippen LogP contribution in [0.1, 0.15) is 5.56 Å². The van der Waals surface area contributed by atoms with Crippen molar-refractivity contribution in [2.75, 3.05) is 19.5 Å². The summed E-state index contributed by atoms with van der Waals surface area (Å²) >= 11 is 3.36. The van der Waals surface area contributed by atoms with E-state index < -0.39 is 0 Å². The Morgan fingerprint density at radius 3 is 2.43 bits per heavy atom. The molecule has 0 atom stereocenters. The largest absolute Gasteiger partial charge is 0.497 e. The smallest absolute Gasteiger partial charge is 0.228 e. The number of carbonyl (C=O) groups excluding carboxylic acids is 1. The predicted octanol–water partition coefficient (Wildman–Crippen LogP) is 3.65. The number of rotatable bonds is 5. The number of nitrogens with one attached hydrogen (secondary N) is 1. The number of methoxy groups -OCH3 is 2. The first kappa shape index (κ1) is 15.4. The first-order chi connectivity index (χ1) is 10.1. The molecule has 2 aromatic rings. The van der Waals surface area contributed by atoms with Gasteiger partial charge >= 0.3 is 0 Å². The summed E-state index contributed by atoms with van der Waals surface area (Å²) in [5, 5.41) is 2.85. The van der Waals surface area contributed by atoms with Crippen molar-refractivity contribution in [3.8, 4) is 11.5 Å². The van der Waals surface area contributed by atoms with Gasteiger partial charge in [-0.05, 0) is 30.3 Å². The molecule has 5 heteroatoms. The molecule has 110 valence electrons. The first-order valence-electron chi connectivity index (χ1n) is 6.38. The van der Waals surface area contributed by atoms with Gasteiger partial charge in [-0.1, -0.05) is 22.0 Å². The van der Waals surface area contributed by atoms with Crippen LogP contribution in [0.2, 0.25) is 0 Å². The zero-order valence-electron chi connectivity index (χ0n) is 11.9. The summed E-state index contributed by atoms with van der Waals surface area (Å²) in [4.78, 5) is 12.1. The van der Waals surface area contributed by atoms with Crippen LogP contribution in [0, 0.1) is 0 Å². The maximum absolute atomic E-state index is 12.1. The molecule has 0 heterocycles. The Morgan fingerprint density at radius 2 is 1.81 bits per heavy atom. The van der Waals surface area contributed by atoms with Crippen LogP contribution >= 0.6 is 15.9 Å². The lowest BCUT2D eigenvalue weighted by atomic mass is 10.1. The van der Waals surface area contributed by atoms with E-state index in [1.165, 1.54) is 0 Å². The maximum atomic E-state index is 12.1. The first-order valence-corrected chi connectivity index (χ1v) is 7.18. The molecule has 0 bridgehead atoms. The monoisotopic (exact) mass is 349 g/mol. The van der Waals surface area contributed by atoms with Gasteiger partial charge in [-0.2, -0.15) is 0 Å². The average Bonchev–Trinajstić information content (AvgIpc) is 2.50. The second kappa shape index (κ2) is 7.13. The Kier molecular flexibility index (Phi) is 5.22. The number of halogens is 1. The molecule has 0 aliphatic heterocycles. The van der Waals surface area contributed by atoms with Crippen LogP contribution in [0.4, 0.5) is 5.69 Å². The zero-order valence-corrected chi connectivity index (χ0v) is 13.4. The van der Waals surface area contributed by atoms with Gasteiger partial charge in [0, 0.05) is 21.8 Å². The maximum Gasteiger partial charge on any atom is 0.228 e. The molecule has 2 aromatic carbocycles. The second-order valence-electron chi connectivity index (χ2n) is 4.41. The quantitative estimate of drug-likeness (QED) is 0.896. The third-order valence-corrected chi connectivity index (χ3v) is 3.50. The lowest BCUT2D eigenvalue weighted by molar-refractivity contribution is -0.115. The molecule has 1 N–H and O–H groups in total. The van der Waals surface area contributed by atoms with E-state index in [1.807, 2.05) is 36.4 Å². The van der Waals surface area contributed by atoms with Crippen LogP contribution in [0.15, 0.2) is 46.9 Å². The van der Waals surface area contributed by atoms with Gasteiger partial charge < -0.3 is 14.8 Å². The van der Waals surface area contributed by atoms with Crippen molar-refractivity contribution in [2.24, 2.45) is 0 Å². The average molecular weight is 350 g/mol. The van der Waals surface area contributed by atoms with E-state index >= 15 is 0 Å². The van der Waals surface area contributed by atoms with E-state index in [1.54, 1.807) is 20.3 Å². The third kappa shape index (κ3) is 4.23. The molecule has 4 nitrogen and oxygen atoms in total. The number of carbonyl (C=O) groups is 1. The van der Waals surface area contributed by atoms with E-state index in [0.29, 0.717) is 11.5 Å². The molecular formula is C16H16BrNO3. The lowest BCUT2D eigenvalue weighted by Gasteiger charge is -2.10. The second-order valence-corrected chi connectivity index (χ2v) is 5.33. The van der Waals surface area contributed by atoms with Crippen molar-refractivity contribution in [2.45, 2.75) is 6.42 Å². The van der Waals surface area contributed by atoms with E-state index in [9.17, 15) is 4.79 Å². The molecular weight excluding hydrogens is 334 g/mol. The number of amides is 1. The summed E-state index contributed by atoms with van der Waals surface area (Å²) in [6.45, 7) is 0. The molecule has 0 spiro atoms. The zero-order chi connectivity index (χ0) is 15.2. The Bertz CT molecular complexity index is 626. The molecule has 21 heavy (non-hydrogen) atoms. The van der Waals surface area contributed by atoms with Gasteiger partial charge in [-0.25, -0.2) is 0 Å². The Morgan fingerprint density at radius 1 is 1.10 bits per heavy atom. The van der Waals surface area contributed by atoms with Crippen molar-refractivity contribution >= 4 is 27.5 Å². The molecule has 1 amide bonds. The van der Waals surface area contributed by atoms with Crippen LogP contribution in [0.25, 0.3) is 0 Å². The van der Waals surface area contributed by atoms with Crippen molar-refractivity contribution < 1.29 is 14.3 Å². The van der Waals surface area contributed by atoms with Crippen LogP contribution in [0.3, 0.4) is 0 Å². The van der Waals surface area contributed by atoms with E-state index in [-0.39, 0.29) is 12.3 Å². The SMILES string of the molecule is COc1ccc(CC(=O)Nc2ccc(Br)cc2)c(OC)c1. The Hall–Kier alpha value is -2.01. The highest BCUT2D eigenvalue weighted by Gasteiger charge is 2.10. The van der Waals surface area contributed by atoms with Gasteiger partial charge in [-0.15, -0.1) is 0 Å². The van der Waals surface area contributed by atoms with Gasteiger partial charge in [0.15, 0.2) is 0 Å². The molecule has 0 fully saturated rings. The number of benzene rings is 2. The fraction of sp³-hybridized carbons (Fsp3) is 0.188.